The van der Waals surface area contributed by atoms with E-state index >= 15 is 0 Å². The van der Waals surface area contributed by atoms with Gasteiger partial charge in [-0.25, -0.2) is 8.78 Å². The van der Waals surface area contributed by atoms with Crippen LogP contribution < -0.4 is 4.90 Å². The number of pyridine rings is 1. The van der Waals surface area contributed by atoms with E-state index in [2.05, 4.69) is 9.88 Å². The maximum absolute atomic E-state index is 13.8. The molecule has 0 radical (unpaired) electrons. The molecule has 2 heterocycles. The SMILES string of the molecule is Cc1cc(N2CCC(C(O)c3ccc(F)cc3)CC2)c2cc(F)ccc2n1. The molecule has 0 bridgehead atoms. The number of aryl methyl sites for hydroxylation is 1. The molecule has 3 nitrogen and oxygen atoms in total. The zero-order chi connectivity index (χ0) is 19.0. The summed E-state index contributed by atoms with van der Waals surface area (Å²) in [7, 11) is 0. The van der Waals surface area contributed by atoms with Crippen LogP contribution in [-0.4, -0.2) is 23.2 Å². The van der Waals surface area contributed by atoms with Gasteiger partial charge in [-0.15, -0.1) is 0 Å². The number of hydrogen-bond acceptors (Lipinski definition) is 3. The summed E-state index contributed by atoms with van der Waals surface area (Å²) in [5.41, 5.74) is 3.44. The molecule has 27 heavy (non-hydrogen) atoms. The van der Waals surface area contributed by atoms with Gasteiger partial charge in [-0.3, -0.25) is 4.98 Å². The highest BCUT2D eigenvalue weighted by atomic mass is 19.1. The number of hydrogen-bond donors (Lipinski definition) is 1. The fourth-order valence-electron chi connectivity index (χ4n) is 3.96. The Hall–Kier alpha value is -2.53. The minimum atomic E-state index is -0.596. The number of aliphatic hydroxyl groups excluding tert-OH is 1. The Morgan fingerprint density at radius 1 is 1.00 bits per heavy atom. The van der Waals surface area contributed by atoms with E-state index in [0.29, 0.717) is 0 Å². The lowest BCUT2D eigenvalue weighted by molar-refractivity contribution is 0.0929. The molecule has 5 heteroatoms. The number of halogens is 2. The van der Waals surface area contributed by atoms with E-state index in [1.807, 2.05) is 13.0 Å². The van der Waals surface area contributed by atoms with Crippen molar-refractivity contribution in [3.8, 4) is 0 Å². The minimum absolute atomic E-state index is 0.123. The van der Waals surface area contributed by atoms with Gasteiger partial charge in [0.1, 0.15) is 11.6 Å². The summed E-state index contributed by atoms with van der Waals surface area (Å²) in [4.78, 5) is 6.74. The summed E-state index contributed by atoms with van der Waals surface area (Å²) in [6, 6.07) is 12.7. The highest BCUT2D eigenvalue weighted by Gasteiger charge is 2.27. The van der Waals surface area contributed by atoms with Gasteiger partial charge in [0, 0.05) is 29.9 Å². The molecular formula is C22H22F2N2O. The number of aliphatic hydroxyl groups is 1. The van der Waals surface area contributed by atoms with Crippen molar-refractivity contribution in [2.24, 2.45) is 5.92 Å². The number of benzene rings is 2. The van der Waals surface area contributed by atoms with Gasteiger partial charge in [0.05, 0.1) is 11.6 Å². The second-order valence-electron chi connectivity index (χ2n) is 7.27. The van der Waals surface area contributed by atoms with Gasteiger partial charge in [-0.1, -0.05) is 12.1 Å². The minimum Gasteiger partial charge on any atom is -0.388 e. The van der Waals surface area contributed by atoms with Crippen molar-refractivity contribution < 1.29 is 13.9 Å². The molecule has 0 aliphatic carbocycles. The molecule has 1 unspecified atom stereocenters. The summed E-state index contributed by atoms with van der Waals surface area (Å²) in [6.45, 7) is 3.49. The fraction of sp³-hybridized carbons (Fsp3) is 0.318. The topological polar surface area (TPSA) is 36.4 Å². The summed E-state index contributed by atoms with van der Waals surface area (Å²) in [6.07, 6.45) is 1.04. The zero-order valence-electron chi connectivity index (χ0n) is 15.2. The van der Waals surface area contributed by atoms with E-state index in [0.717, 1.165) is 53.8 Å². The quantitative estimate of drug-likeness (QED) is 0.723. The molecule has 1 aromatic heterocycles. The van der Waals surface area contributed by atoms with Crippen LogP contribution >= 0.6 is 0 Å². The van der Waals surface area contributed by atoms with E-state index in [-0.39, 0.29) is 17.6 Å². The Morgan fingerprint density at radius 3 is 2.37 bits per heavy atom. The van der Waals surface area contributed by atoms with Crippen LogP contribution in [0.25, 0.3) is 10.9 Å². The molecule has 1 fully saturated rings. The zero-order valence-corrected chi connectivity index (χ0v) is 15.2. The van der Waals surface area contributed by atoms with Crippen LogP contribution in [0.1, 0.15) is 30.2 Å². The Labute approximate surface area is 157 Å². The van der Waals surface area contributed by atoms with Crippen LogP contribution in [0, 0.1) is 24.5 Å². The second-order valence-corrected chi connectivity index (χ2v) is 7.27. The number of rotatable bonds is 3. The van der Waals surface area contributed by atoms with Crippen LogP contribution in [-0.2, 0) is 0 Å². The van der Waals surface area contributed by atoms with Crippen LogP contribution in [0.4, 0.5) is 14.5 Å². The summed E-state index contributed by atoms with van der Waals surface area (Å²) in [5, 5.41) is 11.5. The van der Waals surface area contributed by atoms with E-state index in [1.165, 1.54) is 24.3 Å². The van der Waals surface area contributed by atoms with Gasteiger partial charge in [-0.2, -0.15) is 0 Å². The standard InChI is InChI=1S/C22H22F2N2O/c1-14-12-21(19-13-18(24)6-7-20(19)25-14)26-10-8-16(9-11-26)22(27)15-2-4-17(23)5-3-15/h2-7,12-13,16,22,27H,8-11H2,1H3. The third-order valence-corrected chi connectivity index (χ3v) is 5.42. The molecule has 1 aliphatic heterocycles. The first-order valence-corrected chi connectivity index (χ1v) is 9.26. The van der Waals surface area contributed by atoms with Gasteiger partial charge in [0.25, 0.3) is 0 Å². The maximum atomic E-state index is 13.8. The molecule has 0 spiro atoms. The number of piperidine rings is 1. The smallest absolute Gasteiger partial charge is 0.124 e. The Balaban J connectivity index is 1.53. The Bertz CT molecular complexity index is 950. The van der Waals surface area contributed by atoms with Gasteiger partial charge in [0.15, 0.2) is 0 Å². The summed E-state index contributed by atoms with van der Waals surface area (Å²) in [5.74, 6) is -0.443. The van der Waals surface area contributed by atoms with Crippen molar-refractivity contribution in [1.29, 1.82) is 0 Å². The molecule has 1 atom stereocenters. The number of anilines is 1. The molecule has 0 amide bonds. The van der Waals surface area contributed by atoms with Gasteiger partial charge in [0.2, 0.25) is 0 Å². The van der Waals surface area contributed by atoms with Gasteiger partial charge < -0.3 is 10.0 Å². The van der Waals surface area contributed by atoms with Gasteiger partial charge >= 0.3 is 0 Å². The second kappa shape index (κ2) is 7.24. The number of nitrogens with zero attached hydrogens (tertiary/aromatic N) is 2. The lowest BCUT2D eigenvalue weighted by atomic mass is 9.87. The lowest BCUT2D eigenvalue weighted by Crippen LogP contribution is -2.35. The van der Waals surface area contributed by atoms with Crippen molar-refractivity contribution in [2.45, 2.75) is 25.9 Å². The molecule has 4 rings (SSSR count). The number of aromatic nitrogens is 1. The average Bonchev–Trinajstić information content (AvgIpc) is 2.68. The van der Waals surface area contributed by atoms with Gasteiger partial charge in [-0.05, 0) is 67.6 Å². The van der Waals surface area contributed by atoms with Crippen LogP contribution in [0.2, 0.25) is 0 Å². The monoisotopic (exact) mass is 368 g/mol. The van der Waals surface area contributed by atoms with Crippen molar-refractivity contribution in [3.63, 3.8) is 0 Å². The molecule has 3 aromatic rings. The normalized spacial score (nSPS) is 16.7. The Morgan fingerprint density at radius 2 is 1.67 bits per heavy atom. The molecule has 1 saturated heterocycles. The molecule has 1 aliphatic rings. The lowest BCUT2D eigenvalue weighted by Gasteiger charge is -2.36. The first kappa shape index (κ1) is 17.9. The van der Waals surface area contributed by atoms with E-state index in [1.54, 1.807) is 18.2 Å². The van der Waals surface area contributed by atoms with Crippen LogP contribution in [0.5, 0.6) is 0 Å². The maximum Gasteiger partial charge on any atom is 0.124 e. The first-order chi connectivity index (χ1) is 13.0. The largest absolute Gasteiger partial charge is 0.388 e. The highest BCUT2D eigenvalue weighted by molar-refractivity contribution is 5.92. The van der Waals surface area contributed by atoms with E-state index in [9.17, 15) is 13.9 Å². The molecule has 140 valence electrons. The van der Waals surface area contributed by atoms with Crippen LogP contribution in [0.3, 0.4) is 0 Å². The third-order valence-electron chi connectivity index (χ3n) is 5.42. The van der Waals surface area contributed by atoms with Crippen molar-refractivity contribution in [2.75, 3.05) is 18.0 Å². The van der Waals surface area contributed by atoms with Crippen LogP contribution in [0.15, 0.2) is 48.5 Å². The highest BCUT2D eigenvalue weighted by Crippen LogP contribution is 2.35. The van der Waals surface area contributed by atoms with Crippen molar-refractivity contribution in [3.05, 3.63) is 71.4 Å². The number of fused-ring (bicyclic) bond motifs is 1. The summed E-state index contributed by atoms with van der Waals surface area (Å²) >= 11 is 0. The first-order valence-electron chi connectivity index (χ1n) is 9.26. The fourth-order valence-corrected chi connectivity index (χ4v) is 3.96. The Kier molecular flexibility index (Phi) is 4.79. The molecular weight excluding hydrogens is 346 g/mol. The molecule has 2 aromatic carbocycles. The summed E-state index contributed by atoms with van der Waals surface area (Å²) < 4.78 is 26.9. The molecule has 1 N–H and O–H groups in total. The van der Waals surface area contributed by atoms with E-state index < -0.39 is 6.10 Å². The predicted octanol–water partition coefficient (Wildman–Crippen LogP) is 4.77. The van der Waals surface area contributed by atoms with Crippen molar-refractivity contribution in [1.82, 2.24) is 4.98 Å². The molecule has 0 saturated carbocycles. The van der Waals surface area contributed by atoms with E-state index in [4.69, 9.17) is 0 Å². The van der Waals surface area contributed by atoms with Crippen molar-refractivity contribution >= 4 is 16.6 Å². The third kappa shape index (κ3) is 3.65. The average molecular weight is 368 g/mol. The predicted molar refractivity (Wildman–Crippen MR) is 103 cm³/mol.